The molecule has 0 atom stereocenters. The van der Waals surface area contributed by atoms with E-state index in [4.69, 9.17) is 0 Å². The highest BCUT2D eigenvalue weighted by molar-refractivity contribution is 7.99. The Balaban J connectivity index is 1.78. The van der Waals surface area contributed by atoms with Crippen molar-refractivity contribution in [2.24, 2.45) is 0 Å². The van der Waals surface area contributed by atoms with Crippen LogP contribution < -0.4 is 10.9 Å². The molecule has 1 N–H and O–H groups in total. The monoisotopic (exact) mass is 458 g/mol. The van der Waals surface area contributed by atoms with Gasteiger partial charge in [0.15, 0.2) is 5.16 Å². The second kappa shape index (κ2) is 9.23. The summed E-state index contributed by atoms with van der Waals surface area (Å²) < 4.78 is 1.44. The highest BCUT2D eigenvalue weighted by Gasteiger charge is 2.18. The number of nitrogens with one attached hydrogen (secondary N) is 1. The van der Waals surface area contributed by atoms with Crippen LogP contribution in [0.1, 0.15) is 20.8 Å². The number of hydrogen-bond acceptors (Lipinski definition) is 8. The molecule has 9 nitrogen and oxygen atoms in total. The number of nitrogens with zero attached hydrogens (tertiary/aromatic N) is 3. The number of aromatic nitrogens is 2. The van der Waals surface area contributed by atoms with Gasteiger partial charge < -0.3 is 0 Å². The lowest BCUT2D eigenvalue weighted by Gasteiger charge is -2.10. The van der Waals surface area contributed by atoms with E-state index in [9.17, 15) is 24.5 Å². The molecule has 31 heavy (non-hydrogen) atoms. The molecule has 0 radical (unpaired) electrons. The largest absolute Gasteiger partial charge is 0.292 e. The Kier molecular flexibility index (Phi) is 6.66. The van der Waals surface area contributed by atoms with Gasteiger partial charge in [0.25, 0.3) is 17.2 Å². The molecule has 0 saturated carbocycles. The molecular weight excluding hydrogens is 440 g/mol. The first kappa shape index (κ1) is 22.4. The Bertz CT molecular complexity index is 1280. The lowest BCUT2D eigenvalue weighted by atomic mass is 10.2. The fourth-order valence-electron chi connectivity index (χ4n) is 2.83. The van der Waals surface area contributed by atoms with Gasteiger partial charge in [0.05, 0.1) is 16.1 Å². The van der Waals surface area contributed by atoms with E-state index in [0.717, 1.165) is 28.3 Å². The van der Waals surface area contributed by atoms with Gasteiger partial charge in [-0.05, 0) is 25.5 Å². The Morgan fingerprint density at radius 2 is 2.13 bits per heavy atom. The van der Waals surface area contributed by atoms with Gasteiger partial charge in [0.1, 0.15) is 4.83 Å². The number of aryl methyl sites for hydroxylation is 2. The summed E-state index contributed by atoms with van der Waals surface area (Å²) in [5, 5.41) is 13.9. The molecule has 0 spiro atoms. The van der Waals surface area contributed by atoms with Crippen molar-refractivity contribution in [2.75, 3.05) is 5.75 Å². The van der Waals surface area contributed by atoms with E-state index in [1.54, 1.807) is 6.08 Å². The highest BCUT2D eigenvalue weighted by Crippen LogP contribution is 2.28. The van der Waals surface area contributed by atoms with Crippen LogP contribution in [0.5, 0.6) is 0 Å². The van der Waals surface area contributed by atoms with E-state index in [2.05, 4.69) is 16.9 Å². The summed E-state index contributed by atoms with van der Waals surface area (Å²) in [7, 11) is 0. The molecule has 2 heterocycles. The van der Waals surface area contributed by atoms with Crippen molar-refractivity contribution < 1.29 is 14.5 Å². The average molecular weight is 459 g/mol. The van der Waals surface area contributed by atoms with E-state index in [-0.39, 0.29) is 29.1 Å². The minimum Gasteiger partial charge on any atom is -0.292 e. The fourth-order valence-corrected chi connectivity index (χ4v) is 4.71. The summed E-state index contributed by atoms with van der Waals surface area (Å²) in [6.07, 6.45) is 1.57. The number of thioether (sulfide) groups is 1. The third-order valence-corrected chi connectivity index (χ3v) is 6.55. The number of non-ortho nitro benzene ring substituents is 1. The summed E-state index contributed by atoms with van der Waals surface area (Å²) in [4.78, 5) is 53.8. The smallest absolute Gasteiger partial charge is 0.270 e. The van der Waals surface area contributed by atoms with Gasteiger partial charge >= 0.3 is 0 Å². The second-order valence-corrected chi connectivity index (χ2v) is 8.68. The number of fused-ring (bicyclic) bond motifs is 1. The third kappa shape index (κ3) is 4.72. The van der Waals surface area contributed by atoms with Crippen molar-refractivity contribution >= 4 is 50.8 Å². The van der Waals surface area contributed by atoms with E-state index < -0.39 is 16.7 Å². The Labute approximate surface area is 185 Å². The van der Waals surface area contributed by atoms with Gasteiger partial charge in [-0.3, -0.25) is 34.4 Å². The molecule has 2 aromatic heterocycles. The predicted molar refractivity (Wildman–Crippen MR) is 120 cm³/mol. The van der Waals surface area contributed by atoms with Crippen LogP contribution in [0, 0.1) is 24.0 Å². The first-order chi connectivity index (χ1) is 14.7. The van der Waals surface area contributed by atoms with Crippen LogP contribution in [-0.4, -0.2) is 32.0 Å². The number of benzene rings is 1. The van der Waals surface area contributed by atoms with Gasteiger partial charge in [-0.25, -0.2) is 4.98 Å². The van der Waals surface area contributed by atoms with Crippen LogP contribution in [0.3, 0.4) is 0 Å². The number of imide groups is 1. The van der Waals surface area contributed by atoms with Crippen molar-refractivity contribution in [3.63, 3.8) is 0 Å². The summed E-state index contributed by atoms with van der Waals surface area (Å²) in [5.74, 6) is -1.52. The molecule has 0 fully saturated rings. The Morgan fingerprint density at radius 1 is 1.39 bits per heavy atom. The number of amides is 2. The topological polar surface area (TPSA) is 124 Å². The fraction of sp³-hybridized carbons (Fsp3) is 0.200. The molecular formula is C20H18N4O5S2. The molecule has 0 unspecified atom stereocenters. The number of thiophene rings is 1. The number of carbonyl (C=O) groups is 2. The summed E-state index contributed by atoms with van der Waals surface area (Å²) in [6, 6.07) is 5.09. The third-order valence-electron chi connectivity index (χ3n) is 4.47. The van der Waals surface area contributed by atoms with Gasteiger partial charge in [-0.15, -0.1) is 17.9 Å². The van der Waals surface area contributed by atoms with E-state index in [1.807, 2.05) is 13.8 Å². The number of rotatable bonds is 7. The van der Waals surface area contributed by atoms with Gasteiger partial charge in [0.2, 0.25) is 5.91 Å². The molecule has 0 aliphatic rings. The molecule has 0 saturated heterocycles. The SMILES string of the molecule is C=CCn1c(SCC(=O)NC(=O)c2cccc([N+](=O)[O-])c2)nc2sc(C)c(C)c2c1=O. The average Bonchev–Trinajstić information content (AvgIpc) is 3.02. The van der Waals surface area contributed by atoms with Crippen molar-refractivity contribution in [1.29, 1.82) is 0 Å². The first-order valence-corrected chi connectivity index (χ1v) is 10.9. The number of nitro benzene ring substituents is 1. The second-order valence-electron chi connectivity index (χ2n) is 6.54. The van der Waals surface area contributed by atoms with Crippen molar-refractivity contribution in [3.05, 3.63) is 73.4 Å². The Hall–Kier alpha value is -3.31. The molecule has 0 aliphatic heterocycles. The Morgan fingerprint density at radius 3 is 2.81 bits per heavy atom. The van der Waals surface area contributed by atoms with Crippen molar-refractivity contribution in [2.45, 2.75) is 25.5 Å². The van der Waals surface area contributed by atoms with Crippen LogP contribution in [0.2, 0.25) is 0 Å². The quantitative estimate of drug-likeness (QED) is 0.189. The maximum atomic E-state index is 12.9. The van der Waals surface area contributed by atoms with Crippen LogP contribution in [0.4, 0.5) is 5.69 Å². The van der Waals surface area contributed by atoms with Crippen LogP contribution in [0.25, 0.3) is 10.2 Å². The molecule has 1 aromatic carbocycles. The summed E-state index contributed by atoms with van der Waals surface area (Å²) in [5.41, 5.74) is 0.427. The van der Waals surface area contributed by atoms with Crippen LogP contribution in [0.15, 0.2) is 46.9 Å². The normalized spacial score (nSPS) is 10.8. The molecule has 2 amide bonds. The zero-order chi connectivity index (χ0) is 22.7. The number of carbonyl (C=O) groups excluding carboxylic acids is 2. The molecule has 0 aliphatic carbocycles. The van der Waals surface area contributed by atoms with E-state index in [1.165, 1.54) is 34.1 Å². The summed E-state index contributed by atoms with van der Waals surface area (Å²) in [6.45, 7) is 7.68. The van der Waals surface area contributed by atoms with E-state index in [0.29, 0.717) is 15.4 Å². The minimum absolute atomic E-state index is 0.000182. The zero-order valence-electron chi connectivity index (χ0n) is 16.7. The van der Waals surface area contributed by atoms with Gasteiger partial charge in [0, 0.05) is 29.1 Å². The number of hydrogen-bond donors (Lipinski definition) is 1. The molecule has 11 heteroatoms. The van der Waals surface area contributed by atoms with Crippen LogP contribution in [-0.2, 0) is 11.3 Å². The lowest BCUT2D eigenvalue weighted by Crippen LogP contribution is -2.32. The number of allylic oxidation sites excluding steroid dienone is 1. The van der Waals surface area contributed by atoms with E-state index >= 15 is 0 Å². The minimum atomic E-state index is -0.745. The molecule has 160 valence electrons. The van der Waals surface area contributed by atoms with Crippen molar-refractivity contribution in [3.8, 4) is 0 Å². The van der Waals surface area contributed by atoms with Crippen molar-refractivity contribution in [1.82, 2.24) is 14.9 Å². The molecule has 0 bridgehead atoms. The molecule has 3 aromatic rings. The van der Waals surface area contributed by atoms with Crippen LogP contribution >= 0.6 is 23.1 Å². The first-order valence-electron chi connectivity index (χ1n) is 9.05. The standard InChI is InChI=1S/C20H18N4O5S2/c1-4-8-23-19(27)16-11(2)12(3)31-18(16)22-20(23)30-10-15(25)21-17(26)13-6-5-7-14(9-13)24(28)29/h4-7,9H,1,8,10H2,2-3H3,(H,21,25,26). The lowest BCUT2D eigenvalue weighted by molar-refractivity contribution is -0.384. The summed E-state index contributed by atoms with van der Waals surface area (Å²) >= 11 is 2.43. The molecule has 3 rings (SSSR count). The number of nitro groups is 1. The maximum Gasteiger partial charge on any atom is 0.270 e. The predicted octanol–water partition coefficient (Wildman–Crippen LogP) is 3.22. The zero-order valence-corrected chi connectivity index (χ0v) is 18.3. The highest BCUT2D eigenvalue weighted by atomic mass is 32.2. The van der Waals surface area contributed by atoms with Gasteiger partial charge in [-0.1, -0.05) is 23.9 Å². The maximum absolute atomic E-state index is 12.9. The van der Waals surface area contributed by atoms with Gasteiger partial charge in [-0.2, -0.15) is 0 Å².